The van der Waals surface area contributed by atoms with Gasteiger partial charge in [-0.15, -0.1) is 6.58 Å². The van der Waals surface area contributed by atoms with E-state index in [-0.39, 0.29) is 17.4 Å². The van der Waals surface area contributed by atoms with Crippen molar-refractivity contribution in [3.05, 3.63) is 49.1 Å². The molecule has 0 N–H and O–H groups in total. The minimum atomic E-state index is -0.304. The Bertz CT molecular complexity index is 391. The number of hydrogen-bond donors (Lipinski definition) is 0. The maximum absolute atomic E-state index is 11.8. The number of likely N-dealkylation sites (tertiary alicyclic amines) is 1. The summed E-state index contributed by atoms with van der Waals surface area (Å²) < 4.78 is 0. The van der Waals surface area contributed by atoms with Crippen molar-refractivity contribution in [3.63, 3.8) is 0 Å². The molecule has 1 fully saturated rings. The van der Waals surface area contributed by atoms with E-state index < -0.39 is 0 Å². The number of amides is 2. The zero-order valence-electron chi connectivity index (χ0n) is 9.24. The van der Waals surface area contributed by atoms with Crippen LogP contribution in [0.3, 0.4) is 0 Å². The van der Waals surface area contributed by atoms with Crippen LogP contribution < -0.4 is 0 Å². The van der Waals surface area contributed by atoms with Crippen LogP contribution in [0.15, 0.2) is 49.1 Å². The lowest BCUT2D eigenvalue weighted by molar-refractivity contribution is -0.136. The van der Waals surface area contributed by atoms with E-state index in [0.717, 1.165) is 12.8 Å². The Morgan fingerprint density at radius 1 is 1.19 bits per heavy atom. The second kappa shape index (κ2) is 5.26. The van der Waals surface area contributed by atoms with E-state index in [1.165, 1.54) is 17.1 Å². The summed E-state index contributed by atoms with van der Waals surface area (Å²) in [6.45, 7) is 11.1. The van der Waals surface area contributed by atoms with Crippen molar-refractivity contribution in [2.75, 3.05) is 6.54 Å². The number of unbranched alkanes of at least 4 members (excludes halogenated alkanes) is 1. The quantitative estimate of drug-likeness (QED) is 0.305. The summed E-state index contributed by atoms with van der Waals surface area (Å²) in [6.07, 6.45) is 6.29. The fourth-order valence-electron chi connectivity index (χ4n) is 1.53. The summed E-state index contributed by atoms with van der Waals surface area (Å²) in [5.41, 5.74) is 0.599. The number of hydrogen-bond acceptors (Lipinski definition) is 2. The normalized spacial score (nSPS) is 18.4. The van der Waals surface area contributed by atoms with Crippen LogP contribution in [-0.4, -0.2) is 23.3 Å². The first-order chi connectivity index (χ1) is 7.63. The van der Waals surface area contributed by atoms with Crippen molar-refractivity contribution < 1.29 is 9.59 Å². The number of allylic oxidation sites excluding steroid dienone is 3. The lowest BCUT2D eigenvalue weighted by Crippen LogP contribution is -2.30. The first kappa shape index (κ1) is 12.2. The molecule has 84 valence electrons. The van der Waals surface area contributed by atoms with Gasteiger partial charge in [0.25, 0.3) is 11.8 Å². The van der Waals surface area contributed by atoms with E-state index in [1.54, 1.807) is 6.08 Å². The van der Waals surface area contributed by atoms with Crippen LogP contribution >= 0.6 is 0 Å². The monoisotopic (exact) mass is 217 g/mol. The van der Waals surface area contributed by atoms with Crippen LogP contribution in [0.5, 0.6) is 0 Å². The van der Waals surface area contributed by atoms with E-state index in [4.69, 9.17) is 0 Å². The summed E-state index contributed by atoms with van der Waals surface area (Å²) in [5.74, 6) is -0.582. The second-order valence-electron chi connectivity index (χ2n) is 3.49. The lowest BCUT2D eigenvalue weighted by atomic mass is 10.1. The largest absolute Gasteiger partial charge is 0.274 e. The highest BCUT2D eigenvalue weighted by molar-refractivity contribution is 6.24. The molecule has 0 saturated carbocycles. The van der Waals surface area contributed by atoms with Crippen LogP contribution in [0, 0.1) is 0 Å². The van der Waals surface area contributed by atoms with E-state index in [0.29, 0.717) is 12.1 Å². The predicted molar refractivity (Wildman–Crippen MR) is 63.6 cm³/mol. The third kappa shape index (κ3) is 2.19. The Hall–Kier alpha value is -1.90. The fraction of sp³-hybridized carbons (Fsp3) is 0.231. The minimum absolute atomic E-state index is 0.253. The summed E-state index contributed by atoms with van der Waals surface area (Å²) in [5, 5.41) is 0. The topological polar surface area (TPSA) is 37.4 Å². The van der Waals surface area contributed by atoms with Gasteiger partial charge in [0.15, 0.2) is 0 Å². The van der Waals surface area contributed by atoms with Crippen LogP contribution in [0.4, 0.5) is 0 Å². The van der Waals surface area contributed by atoms with Gasteiger partial charge in [-0.05, 0) is 18.9 Å². The summed E-state index contributed by atoms with van der Waals surface area (Å²) in [6, 6.07) is 0. The highest BCUT2D eigenvalue weighted by Gasteiger charge is 2.36. The summed E-state index contributed by atoms with van der Waals surface area (Å²) >= 11 is 0. The third-order valence-electron chi connectivity index (χ3n) is 2.38. The highest BCUT2D eigenvalue weighted by Crippen LogP contribution is 2.23. The smallest absolute Gasteiger partial charge is 0.261 e. The number of carbonyl (C=O) groups is 2. The molecule has 0 atom stereocenters. The number of imide groups is 1. The van der Waals surface area contributed by atoms with Gasteiger partial charge >= 0.3 is 0 Å². The molecule has 1 saturated heterocycles. The average molecular weight is 217 g/mol. The molecule has 1 heterocycles. The molecule has 0 unspecified atom stereocenters. The summed E-state index contributed by atoms with van der Waals surface area (Å²) in [4.78, 5) is 24.7. The maximum atomic E-state index is 11.8. The zero-order chi connectivity index (χ0) is 12.1. The fourth-order valence-corrected chi connectivity index (χ4v) is 1.53. The van der Waals surface area contributed by atoms with E-state index in [2.05, 4.69) is 19.7 Å². The van der Waals surface area contributed by atoms with Gasteiger partial charge in [-0.1, -0.05) is 25.3 Å². The number of rotatable bonds is 5. The molecule has 0 aliphatic carbocycles. The molecule has 1 aliphatic rings. The molecule has 3 heteroatoms. The Labute approximate surface area is 95.4 Å². The lowest BCUT2D eigenvalue weighted by Gasteiger charge is -2.11. The van der Waals surface area contributed by atoms with Crippen molar-refractivity contribution in [1.29, 1.82) is 0 Å². The highest BCUT2D eigenvalue weighted by atomic mass is 16.2. The van der Waals surface area contributed by atoms with Crippen molar-refractivity contribution in [2.24, 2.45) is 0 Å². The molecule has 0 aromatic carbocycles. The van der Waals surface area contributed by atoms with Gasteiger partial charge in [0.05, 0.1) is 5.57 Å². The van der Waals surface area contributed by atoms with Gasteiger partial charge in [-0.2, -0.15) is 0 Å². The van der Waals surface area contributed by atoms with Crippen molar-refractivity contribution in [2.45, 2.75) is 12.8 Å². The van der Waals surface area contributed by atoms with E-state index in [9.17, 15) is 9.59 Å². The van der Waals surface area contributed by atoms with Crippen molar-refractivity contribution in [3.8, 4) is 0 Å². The van der Waals surface area contributed by atoms with Crippen molar-refractivity contribution >= 4 is 11.8 Å². The molecule has 0 radical (unpaired) electrons. The zero-order valence-corrected chi connectivity index (χ0v) is 9.24. The average Bonchev–Trinajstić information content (AvgIpc) is 2.46. The minimum Gasteiger partial charge on any atom is -0.274 e. The maximum Gasteiger partial charge on any atom is 0.261 e. The summed E-state index contributed by atoms with van der Waals surface area (Å²) in [7, 11) is 0. The molecule has 1 aliphatic heterocycles. The van der Waals surface area contributed by atoms with Gasteiger partial charge < -0.3 is 0 Å². The Morgan fingerprint density at radius 2 is 1.88 bits per heavy atom. The first-order valence-electron chi connectivity index (χ1n) is 5.12. The van der Waals surface area contributed by atoms with Gasteiger partial charge in [-0.3, -0.25) is 14.5 Å². The number of nitrogens with zero attached hydrogens (tertiary/aromatic N) is 1. The molecule has 0 bridgehead atoms. The van der Waals surface area contributed by atoms with Crippen LogP contribution in [0.1, 0.15) is 12.8 Å². The van der Waals surface area contributed by atoms with Crippen LogP contribution in [-0.2, 0) is 9.59 Å². The Balaban J connectivity index is 2.81. The molecule has 1 rings (SSSR count). The SMILES string of the molecule is C=C/C=C1\C(=C)C(=O)N(CCCC=C)C1=O. The van der Waals surface area contributed by atoms with Gasteiger partial charge in [-0.25, -0.2) is 0 Å². The van der Waals surface area contributed by atoms with Gasteiger partial charge in [0.1, 0.15) is 0 Å². The molecular formula is C13H15NO2. The Kier molecular flexibility index (Phi) is 4.00. The van der Waals surface area contributed by atoms with Crippen LogP contribution in [0.2, 0.25) is 0 Å². The van der Waals surface area contributed by atoms with Crippen molar-refractivity contribution in [1.82, 2.24) is 4.90 Å². The van der Waals surface area contributed by atoms with E-state index in [1.807, 2.05) is 0 Å². The van der Waals surface area contributed by atoms with Gasteiger partial charge in [0, 0.05) is 12.1 Å². The Morgan fingerprint density at radius 3 is 2.44 bits per heavy atom. The molecule has 3 nitrogen and oxygen atoms in total. The molecule has 0 aromatic rings. The molecular weight excluding hydrogens is 202 g/mol. The first-order valence-corrected chi connectivity index (χ1v) is 5.12. The van der Waals surface area contributed by atoms with Gasteiger partial charge in [0.2, 0.25) is 0 Å². The molecule has 0 aromatic heterocycles. The number of carbonyl (C=O) groups excluding carboxylic acids is 2. The third-order valence-corrected chi connectivity index (χ3v) is 2.38. The molecule has 16 heavy (non-hydrogen) atoms. The van der Waals surface area contributed by atoms with Crippen LogP contribution in [0.25, 0.3) is 0 Å². The molecule has 0 spiro atoms. The second-order valence-corrected chi connectivity index (χ2v) is 3.49. The standard InChI is InChI=1S/C13H15NO2/c1-4-6-7-9-14-12(15)10(3)11(8-5-2)13(14)16/h4-5,8H,1-3,6-7,9H2/b11-8+. The molecule has 2 amide bonds. The van der Waals surface area contributed by atoms with E-state index >= 15 is 0 Å². The predicted octanol–water partition coefficient (Wildman–Crippen LogP) is 1.99.